The fourth-order valence-electron chi connectivity index (χ4n) is 3.21. The Morgan fingerprint density at radius 2 is 2.12 bits per heavy atom. The van der Waals surface area contributed by atoms with Crippen molar-refractivity contribution in [2.75, 3.05) is 19.6 Å². The molecule has 0 saturated carbocycles. The van der Waals surface area contributed by atoms with Crippen molar-refractivity contribution in [1.82, 2.24) is 10.2 Å². The van der Waals surface area contributed by atoms with E-state index in [4.69, 9.17) is 21.3 Å². The van der Waals surface area contributed by atoms with Gasteiger partial charge in [0.1, 0.15) is 0 Å². The summed E-state index contributed by atoms with van der Waals surface area (Å²) in [5.74, 6) is -0.472. The van der Waals surface area contributed by atoms with E-state index in [2.05, 4.69) is 17.1 Å². The topological polar surface area (TPSA) is 58.4 Å². The van der Waals surface area contributed by atoms with E-state index in [1.807, 2.05) is 38.1 Å². The van der Waals surface area contributed by atoms with Crippen LogP contribution >= 0.6 is 0 Å². The molecule has 1 saturated heterocycles. The van der Waals surface area contributed by atoms with Crippen LogP contribution in [0, 0.1) is 0 Å². The number of nitrogens with zero attached hydrogens (tertiary/aromatic N) is 1. The Morgan fingerprint density at radius 3 is 2.68 bits per heavy atom. The van der Waals surface area contributed by atoms with E-state index in [-0.39, 0.29) is 17.9 Å². The van der Waals surface area contributed by atoms with E-state index < -0.39 is 5.94 Å². The van der Waals surface area contributed by atoms with Gasteiger partial charge in [-0.3, -0.25) is 9.69 Å². The first-order valence-corrected chi connectivity index (χ1v) is 9.21. The summed E-state index contributed by atoms with van der Waals surface area (Å²) in [6.07, 6.45) is 1.76. The zero-order valence-corrected chi connectivity index (χ0v) is 15.7. The van der Waals surface area contributed by atoms with Gasteiger partial charge in [-0.2, -0.15) is 0 Å². The maximum atomic E-state index is 12.2. The van der Waals surface area contributed by atoms with Crippen LogP contribution in [0.2, 0.25) is 0 Å². The molecule has 0 bridgehead atoms. The Kier molecular flexibility index (Phi) is 9.98. The van der Waals surface area contributed by atoms with Gasteiger partial charge in [0.05, 0.1) is 21.6 Å². The van der Waals surface area contributed by atoms with E-state index in [9.17, 15) is 4.79 Å². The molecule has 5 radical (unpaired) electrons. The third-order valence-corrected chi connectivity index (χ3v) is 4.45. The number of nitrogens with one attached hydrogen (secondary N) is 1. The van der Waals surface area contributed by atoms with Crippen molar-refractivity contribution >= 4 is 34.1 Å². The standard InChI is InChI=1S/C16H23B3N3O.C2H6/c1-2-12(13-5-3-4-6-14(13)19-18)16(17)21-15(23)10-22-8-7-11(20)9-22;1-2/h3-6,11-12,16H,2,7-10,20H2,1H3,(H,21,23);1-2H3. The van der Waals surface area contributed by atoms with Crippen LogP contribution < -0.4 is 16.5 Å². The van der Waals surface area contributed by atoms with Gasteiger partial charge in [-0.1, -0.05) is 56.1 Å². The Bertz CT molecular complexity index is 530. The summed E-state index contributed by atoms with van der Waals surface area (Å²) in [5, 5.41) is 2.92. The van der Waals surface area contributed by atoms with Crippen molar-refractivity contribution in [2.45, 2.75) is 51.5 Å². The minimum Gasteiger partial charge on any atom is -0.360 e. The lowest BCUT2D eigenvalue weighted by Crippen LogP contribution is -2.45. The third-order valence-electron chi connectivity index (χ3n) is 4.45. The molecule has 0 spiro atoms. The molecule has 0 aromatic heterocycles. The monoisotopic (exact) mass is 336 g/mol. The minimum atomic E-state index is -0.440. The molecule has 3 unspecified atom stereocenters. The highest BCUT2D eigenvalue weighted by Gasteiger charge is 2.24. The number of rotatable bonds is 7. The molecule has 3 atom stereocenters. The second-order valence-electron chi connectivity index (χ2n) is 6.19. The van der Waals surface area contributed by atoms with Gasteiger partial charge in [-0.05, 0) is 24.7 Å². The predicted molar refractivity (Wildman–Crippen MR) is 109 cm³/mol. The van der Waals surface area contributed by atoms with Crippen LogP contribution in [0.5, 0.6) is 0 Å². The van der Waals surface area contributed by atoms with Crippen LogP contribution in [0.4, 0.5) is 0 Å². The Morgan fingerprint density at radius 1 is 1.44 bits per heavy atom. The molecule has 131 valence electrons. The quantitative estimate of drug-likeness (QED) is 0.703. The molecule has 2 rings (SSSR count). The van der Waals surface area contributed by atoms with Gasteiger partial charge >= 0.3 is 0 Å². The first-order valence-electron chi connectivity index (χ1n) is 9.21. The highest BCUT2D eigenvalue weighted by atomic mass is 16.2. The summed E-state index contributed by atoms with van der Waals surface area (Å²) in [4.78, 5) is 14.3. The third kappa shape index (κ3) is 6.56. The average molecular weight is 336 g/mol. The van der Waals surface area contributed by atoms with Gasteiger partial charge in [0, 0.05) is 26.9 Å². The number of benzene rings is 1. The maximum absolute atomic E-state index is 12.2. The fraction of sp³-hybridized carbons (Fsp3) is 0.611. The molecule has 1 aromatic rings. The van der Waals surface area contributed by atoms with Gasteiger partial charge in [-0.25, -0.2) is 0 Å². The first-order chi connectivity index (χ1) is 12.0. The second kappa shape index (κ2) is 11.4. The summed E-state index contributed by atoms with van der Waals surface area (Å²) in [7, 11) is 13.5. The minimum absolute atomic E-state index is 0.0239. The molecule has 1 aromatic carbocycles. The lowest BCUT2D eigenvalue weighted by molar-refractivity contribution is -0.122. The average Bonchev–Trinajstić information content (AvgIpc) is 3.02. The molecule has 1 aliphatic rings. The van der Waals surface area contributed by atoms with Crippen molar-refractivity contribution in [2.24, 2.45) is 5.73 Å². The van der Waals surface area contributed by atoms with Crippen molar-refractivity contribution in [1.29, 1.82) is 0 Å². The SMILES string of the molecule is CC.[B][B]c1ccccc1C(CC)C([B])NC(=O)CN1CCC(N)C1. The summed E-state index contributed by atoms with van der Waals surface area (Å²) in [5.41, 5.74) is 7.88. The van der Waals surface area contributed by atoms with Crippen molar-refractivity contribution in [3.05, 3.63) is 29.8 Å². The molecule has 1 fully saturated rings. The van der Waals surface area contributed by atoms with Crippen LogP contribution in [0.25, 0.3) is 0 Å². The van der Waals surface area contributed by atoms with Gasteiger partial charge in [0.25, 0.3) is 0 Å². The van der Waals surface area contributed by atoms with Crippen molar-refractivity contribution in [3.63, 3.8) is 0 Å². The lowest BCUT2D eigenvalue weighted by Gasteiger charge is -2.27. The molecule has 4 nitrogen and oxygen atoms in total. The van der Waals surface area contributed by atoms with Crippen LogP contribution in [-0.4, -0.2) is 65.2 Å². The number of hydrogen-bond donors (Lipinski definition) is 2. The zero-order valence-electron chi connectivity index (χ0n) is 15.7. The first kappa shape index (κ1) is 21.8. The number of carbonyl (C=O) groups excluding carboxylic acids is 1. The van der Waals surface area contributed by atoms with Crippen LogP contribution in [0.3, 0.4) is 0 Å². The Balaban J connectivity index is 0.00000151. The lowest BCUT2D eigenvalue weighted by atomic mass is 9.49. The normalized spacial score (nSPS) is 19.4. The van der Waals surface area contributed by atoms with Crippen LogP contribution in [0.1, 0.15) is 45.1 Å². The highest BCUT2D eigenvalue weighted by molar-refractivity contribution is 6.97. The summed E-state index contributed by atoms with van der Waals surface area (Å²) >= 11 is 0. The van der Waals surface area contributed by atoms with Crippen molar-refractivity contribution < 1.29 is 4.79 Å². The molecule has 1 aliphatic heterocycles. The number of hydrogen-bond acceptors (Lipinski definition) is 3. The predicted octanol–water partition coefficient (Wildman–Crippen LogP) is 0.263. The molecule has 1 heterocycles. The molecular weight excluding hydrogens is 307 g/mol. The number of carbonyl (C=O) groups is 1. The molecule has 0 aliphatic carbocycles. The fourth-order valence-corrected chi connectivity index (χ4v) is 3.21. The van der Waals surface area contributed by atoms with E-state index >= 15 is 0 Å². The highest BCUT2D eigenvalue weighted by Crippen LogP contribution is 2.20. The van der Waals surface area contributed by atoms with E-state index in [1.165, 1.54) is 0 Å². The Hall–Kier alpha value is -1.20. The van der Waals surface area contributed by atoms with E-state index in [1.54, 1.807) is 7.17 Å². The van der Waals surface area contributed by atoms with Crippen molar-refractivity contribution in [3.8, 4) is 0 Å². The molecule has 1 amide bonds. The van der Waals surface area contributed by atoms with Gasteiger partial charge in [0.15, 0.2) is 0 Å². The maximum Gasteiger partial charge on any atom is 0.233 e. The molecule has 7 heteroatoms. The smallest absolute Gasteiger partial charge is 0.233 e. The molecular formula is C18H29B3N3O. The van der Waals surface area contributed by atoms with Gasteiger partial charge in [-0.15, -0.1) is 0 Å². The van der Waals surface area contributed by atoms with Gasteiger partial charge < -0.3 is 11.1 Å². The van der Waals surface area contributed by atoms with Crippen LogP contribution in [-0.2, 0) is 4.79 Å². The number of amides is 1. The van der Waals surface area contributed by atoms with E-state index in [0.717, 1.165) is 37.0 Å². The number of nitrogens with two attached hydrogens (primary N) is 1. The second-order valence-corrected chi connectivity index (χ2v) is 6.19. The van der Waals surface area contributed by atoms with Gasteiger partial charge in [0.2, 0.25) is 5.91 Å². The van der Waals surface area contributed by atoms with Crippen LogP contribution in [0.15, 0.2) is 24.3 Å². The largest absolute Gasteiger partial charge is 0.360 e. The molecule has 3 N–H and O–H groups in total. The Labute approximate surface area is 156 Å². The molecule has 25 heavy (non-hydrogen) atoms. The number of likely N-dealkylation sites (tertiary alicyclic amines) is 1. The summed E-state index contributed by atoms with van der Waals surface area (Å²) < 4.78 is 0. The summed E-state index contributed by atoms with van der Waals surface area (Å²) in [6, 6.07) is 8.05. The summed E-state index contributed by atoms with van der Waals surface area (Å²) in [6.45, 7) is 8.04. The van der Waals surface area contributed by atoms with E-state index in [0.29, 0.717) is 6.54 Å². The zero-order chi connectivity index (χ0) is 18.8.